The van der Waals surface area contributed by atoms with E-state index in [1.165, 1.54) is 6.33 Å². The average Bonchev–Trinajstić information content (AvgIpc) is 2.83. The molecule has 4 heteroatoms. The number of hydrogen-bond acceptors (Lipinski definition) is 3. The molecule has 16 heavy (non-hydrogen) atoms. The lowest BCUT2D eigenvalue weighted by molar-refractivity contribution is 1.08. The molecule has 0 unspecified atom stereocenters. The number of fused-ring (bicyclic) bond motifs is 1. The first-order chi connectivity index (χ1) is 7.84. The first kappa shape index (κ1) is 8.91. The van der Waals surface area contributed by atoms with Crippen LogP contribution in [0.1, 0.15) is 0 Å². The summed E-state index contributed by atoms with van der Waals surface area (Å²) in [7, 11) is 0. The van der Waals surface area contributed by atoms with Crippen LogP contribution >= 0.6 is 0 Å². The second kappa shape index (κ2) is 3.34. The molecule has 1 aromatic carbocycles. The van der Waals surface area contributed by atoms with Gasteiger partial charge in [-0.3, -0.25) is 0 Å². The number of aromatic nitrogens is 3. The number of benzene rings is 1. The number of rotatable bonds is 1. The highest BCUT2D eigenvalue weighted by Crippen LogP contribution is 2.20. The second-order valence-corrected chi connectivity index (χ2v) is 3.55. The zero-order valence-electron chi connectivity index (χ0n) is 8.54. The number of hydrogen-bond donors (Lipinski definition) is 1. The quantitative estimate of drug-likeness (QED) is 0.668. The fourth-order valence-electron chi connectivity index (χ4n) is 1.73. The summed E-state index contributed by atoms with van der Waals surface area (Å²) in [6.07, 6.45) is 5.45. The summed E-state index contributed by atoms with van der Waals surface area (Å²) in [6, 6.07) is 9.91. The Bertz CT molecular complexity index is 629. The van der Waals surface area contributed by atoms with E-state index < -0.39 is 0 Å². The summed E-state index contributed by atoms with van der Waals surface area (Å²) < 4.78 is 2.02. The summed E-state index contributed by atoms with van der Waals surface area (Å²) in [5, 5.41) is 0.883. The SMILES string of the molecule is Nc1ncnc2ccc(-n3cccc3)cc12. The lowest BCUT2D eigenvalue weighted by atomic mass is 10.2. The Morgan fingerprint density at radius 2 is 1.88 bits per heavy atom. The standard InChI is InChI=1S/C12H10N4/c13-12-10-7-9(16-5-1-2-6-16)3-4-11(10)14-8-15-12/h1-8H,(H2,13,14,15). The summed E-state index contributed by atoms with van der Waals surface area (Å²) in [5.41, 5.74) is 7.74. The molecule has 0 amide bonds. The molecule has 0 aliphatic rings. The van der Waals surface area contributed by atoms with Crippen LogP contribution in [0.4, 0.5) is 5.82 Å². The van der Waals surface area contributed by atoms with E-state index in [-0.39, 0.29) is 0 Å². The second-order valence-electron chi connectivity index (χ2n) is 3.55. The van der Waals surface area contributed by atoms with Gasteiger partial charge < -0.3 is 10.3 Å². The molecule has 0 fully saturated rings. The Kier molecular flexibility index (Phi) is 1.86. The monoisotopic (exact) mass is 210 g/mol. The van der Waals surface area contributed by atoms with Crippen molar-refractivity contribution < 1.29 is 0 Å². The van der Waals surface area contributed by atoms with Gasteiger partial charge in [-0.2, -0.15) is 0 Å². The third kappa shape index (κ3) is 1.32. The summed E-state index contributed by atoms with van der Waals surface area (Å²) in [4.78, 5) is 8.15. The van der Waals surface area contributed by atoms with E-state index >= 15 is 0 Å². The Morgan fingerprint density at radius 3 is 2.69 bits per heavy atom. The van der Waals surface area contributed by atoms with E-state index in [0.29, 0.717) is 5.82 Å². The van der Waals surface area contributed by atoms with Crippen LogP contribution in [0.25, 0.3) is 16.6 Å². The van der Waals surface area contributed by atoms with Gasteiger partial charge in [-0.15, -0.1) is 0 Å². The molecule has 0 aliphatic heterocycles. The van der Waals surface area contributed by atoms with Gasteiger partial charge in [0.2, 0.25) is 0 Å². The maximum Gasteiger partial charge on any atom is 0.134 e. The average molecular weight is 210 g/mol. The van der Waals surface area contributed by atoms with Crippen molar-refractivity contribution in [1.29, 1.82) is 0 Å². The minimum atomic E-state index is 0.513. The molecule has 78 valence electrons. The Hall–Kier alpha value is -2.36. The zero-order valence-corrected chi connectivity index (χ0v) is 8.54. The van der Waals surface area contributed by atoms with Gasteiger partial charge in [0.25, 0.3) is 0 Å². The van der Waals surface area contributed by atoms with Crippen molar-refractivity contribution in [3.8, 4) is 5.69 Å². The first-order valence-corrected chi connectivity index (χ1v) is 4.98. The molecule has 0 bridgehead atoms. The normalized spacial score (nSPS) is 10.8. The van der Waals surface area contributed by atoms with Crippen LogP contribution < -0.4 is 5.73 Å². The van der Waals surface area contributed by atoms with E-state index in [2.05, 4.69) is 9.97 Å². The van der Waals surface area contributed by atoms with Crippen LogP contribution in [-0.4, -0.2) is 14.5 Å². The van der Waals surface area contributed by atoms with Gasteiger partial charge in [0, 0.05) is 23.5 Å². The molecule has 2 heterocycles. The van der Waals surface area contributed by atoms with Gasteiger partial charge >= 0.3 is 0 Å². The third-order valence-electron chi connectivity index (χ3n) is 2.55. The lowest BCUT2D eigenvalue weighted by Gasteiger charge is -2.05. The summed E-state index contributed by atoms with van der Waals surface area (Å²) >= 11 is 0. The fraction of sp³-hybridized carbons (Fsp3) is 0. The number of nitrogens with two attached hydrogens (primary N) is 1. The van der Waals surface area contributed by atoms with Crippen molar-refractivity contribution in [3.63, 3.8) is 0 Å². The molecule has 0 saturated carbocycles. The maximum absolute atomic E-state index is 5.82. The first-order valence-electron chi connectivity index (χ1n) is 4.98. The summed E-state index contributed by atoms with van der Waals surface area (Å²) in [5.74, 6) is 0.513. The van der Waals surface area contributed by atoms with E-state index in [9.17, 15) is 0 Å². The molecule has 3 aromatic rings. The number of anilines is 1. The van der Waals surface area contributed by atoms with Crippen LogP contribution in [-0.2, 0) is 0 Å². The van der Waals surface area contributed by atoms with Crippen LogP contribution in [0.15, 0.2) is 49.1 Å². The van der Waals surface area contributed by atoms with Crippen molar-refractivity contribution in [1.82, 2.24) is 14.5 Å². The molecule has 0 aliphatic carbocycles. The van der Waals surface area contributed by atoms with Gasteiger partial charge in [-0.1, -0.05) is 0 Å². The molecule has 3 rings (SSSR count). The van der Waals surface area contributed by atoms with Crippen molar-refractivity contribution in [3.05, 3.63) is 49.1 Å². The molecular formula is C12H10N4. The van der Waals surface area contributed by atoms with Crippen molar-refractivity contribution in [2.75, 3.05) is 5.73 Å². The van der Waals surface area contributed by atoms with Gasteiger partial charge in [-0.25, -0.2) is 9.97 Å². The number of nitrogen functional groups attached to an aromatic ring is 1. The predicted octanol–water partition coefficient (Wildman–Crippen LogP) is 2.00. The number of nitrogens with zero attached hydrogens (tertiary/aromatic N) is 3. The van der Waals surface area contributed by atoms with Gasteiger partial charge in [0.05, 0.1) is 5.52 Å². The minimum absolute atomic E-state index is 0.513. The molecule has 2 N–H and O–H groups in total. The van der Waals surface area contributed by atoms with Crippen LogP contribution in [0, 0.1) is 0 Å². The van der Waals surface area contributed by atoms with Crippen LogP contribution in [0.3, 0.4) is 0 Å². The highest BCUT2D eigenvalue weighted by molar-refractivity contribution is 5.89. The molecule has 0 radical (unpaired) electrons. The molecular weight excluding hydrogens is 200 g/mol. The van der Waals surface area contributed by atoms with Crippen molar-refractivity contribution in [2.24, 2.45) is 0 Å². The fourth-order valence-corrected chi connectivity index (χ4v) is 1.73. The van der Waals surface area contributed by atoms with Gasteiger partial charge in [0.1, 0.15) is 12.1 Å². The largest absolute Gasteiger partial charge is 0.383 e. The molecule has 4 nitrogen and oxygen atoms in total. The van der Waals surface area contributed by atoms with Crippen LogP contribution in [0.2, 0.25) is 0 Å². The summed E-state index contributed by atoms with van der Waals surface area (Å²) in [6.45, 7) is 0. The lowest BCUT2D eigenvalue weighted by Crippen LogP contribution is -1.95. The highest BCUT2D eigenvalue weighted by Gasteiger charge is 2.02. The Balaban J connectivity index is 2.27. The topological polar surface area (TPSA) is 56.7 Å². The molecule has 0 atom stereocenters. The van der Waals surface area contributed by atoms with Crippen LogP contribution in [0.5, 0.6) is 0 Å². The Morgan fingerprint density at radius 1 is 1.06 bits per heavy atom. The predicted molar refractivity (Wildman–Crippen MR) is 63.3 cm³/mol. The maximum atomic E-state index is 5.82. The highest BCUT2D eigenvalue weighted by atomic mass is 14.9. The van der Waals surface area contributed by atoms with Gasteiger partial charge in [-0.05, 0) is 30.3 Å². The van der Waals surface area contributed by atoms with E-state index in [4.69, 9.17) is 5.73 Å². The van der Waals surface area contributed by atoms with Crippen molar-refractivity contribution in [2.45, 2.75) is 0 Å². The zero-order chi connectivity index (χ0) is 11.0. The smallest absolute Gasteiger partial charge is 0.134 e. The molecule has 0 spiro atoms. The van der Waals surface area contributed by atoms with Gasteiger partial charge in [0.15, 0.2) is 0 Å². The van der Waals surface area contributed by atoms with E-state index in [0.717, 1.165) is 16.6 Å². The Labute approximate surface area is 92.4 Å². The van der Waals surface area contributed by atoms with E-state index in [1.807, 2.05) is 47.3 Å². The van der Waals surface area contributed by atoms with E-state index in [1.54, 1.807) is 0 Å². The molecule has 2 aromatic heterocycles. The third-order valence-corrected chi connectivity index (χ3v) is 2.55. The molecule has 0 saturated heterocycles. The van der Waals surface area contributed by atoms with Crippen molar-refractivity contribution >= 4 is 16.7 Å². The minimum Gasteiger partial charge on any atom is -0.383 e.